The molecule has 2 aromatic rings. The highest BCUT2D eigenvalue weighted by Crippen LogP contribution is 2.41. The Bertz CT molecular complexity index is 562. The fraction of sp³-hybridized carbons (Fsp3) is 0.250. The lowest BCUT2D eigenvalue weighted by Crippen LogP contribution is -1.89. The number of benzene rings is 1. The van der Waals surface area contributed by atoms with Crippen LogP contribution in [0.3, 0.4) is 0 Å². The summed E-state index contributed by atoms with van der Waals surface area (Å²) in [5.74, 6) is 0. The molecule has 1 N–H and O–H groups in total. The minimum Gasteiger partial charge on any atom is -0.386 e. The van der Waals surface area contributed by atoms with Gasteiger partial charge >= 0.3 is 0 Å². The molecule has 0 amide bonds. The van der Waals surface area contributed by atoms with Crippen LogP contribution < -0.4 is 0 Å². The van der Waals surface area contributed by atoms with Crippen LogP contribution in [0.25, 0.3) is 11.3 Å². The van der Waals surface area contributed by atoms with Crippen molar-refractivity contribution < 1.29 is 5.11 Å². The van der Waals surface area contributed by atoms with E-state index in [2.05, 4.69) is 33.0 Å². The minimum atomic E-state index is -0.463. The average Bonchev–Trinajstić information content (AvgIpc) is 2.73. The first-order valence-electron chi connectivity index (χ1n) is 5.11. The van der Waals surface area contributed by atoms with Crippen LogP contribution in [0.2, 0.25) is 0 Å². The molecule has 0 aliphatic heterocycles. The molecular weight excluding hydrogens is 286 g/mol. The number of halogens is 1. The number of nitrogens with zero attached hydrogens (tertiary/aromatic N) is 1. The Labute approximate surface area is 106 Å². The van der Waals surface area contributed by atoms with E-state index in [0.29, 0.717) is 0 Å². The van der Waals surface area contributed by atoms with Gasteiger partial charge in [0.25, 0.3) is 0 Å². The van der Waals surface area contributed by atoms with E-state index in [1.165, 1.54) is 16.0 Å². The Morgan fingerprint density at radius 1 is 1.50 bits per heavy atom. The van der Waals surface area contributed by atoms with Gasteiger partial charge in [0.05, 0.1) is 5.69 Å². The number of fused-ring (bicyclic) bond motifs is 3. The van der Waals surface area contributed by atoms with Crippen molar-refractivity contribution >= 4 is 27.3 Å². The number of aliphatic hydroxyl groups excluding tert-OH is 1. The first-order chi connectivity index (χ1) is 7.65. The maximum absolute atomic E-state index is 9.51. The second-order valence-electron chi connectivity index (χ2n) is 3.98. The molecule has 0 bridgehead atoms. The molecule has 3 rings (SSSR count). The van der Waals surface area contributed by atoms with E-state index < -0.39 is 6.10 Å². The molecule has 1 heterocycles. The zero-order valence-corrected chi connectivity index (χ0v) is 11.1. The Kier molecular flexibility index (Phi) is 2.38. The van der Waals surface area contributed by atoms with Gasteiger partial charge in [-0.05, 0) is 24.6 Å². The normalized spacial score (nSPS) is 14.7. The van der Waals surface area contributed by atoms with Crippen molar-refractivity contribution in [2.24, 2.45) is 0 Å². The van der Waals surface area contributed by atoms with Gasteiger partial charge < -0.3 is 5.11 Å². The first-order valence-corrected chi connectivity index (χ1v) is 6.72. The fourth-order valence-electron chi connectivity index (χ4n) is 1.99. The number of rotatable bonds is 1. The van der Waals surface area contributed by atoms with Gasteiger partial charge in [0.1, 0.15) is 11.1 Å². The van der Waals surface area contributed by atoms with E-state index in [4.69, 9.17) is 0 Å². The number of hydrogen-bond acceptors (Lipinski definition) is 3. The van der Waals surface area contributed by atoms with Crippen molar-refractivity contribution in [1.82, 2.24) is 4.98 Å². The van der Waals surface area contributed by atoms with Crippen LogP contribution in [0.15, 0.2) is 22.7 Å². The van der Waals surface area contributed by atoms with Gasteiger partial charge in [-0.1, -0.05) is 22.0 Å². The summed E-state index contributed by atoms with van der Waals surface area (Å²) in [7, 11) is 0. The topological polar surface area (TPSA) is 33.1 Å². The number of aromatic nitrogens is 1. The van der Waals surface area contributed by atoms with Crippen LogP contribution in [0.1, 0.15) is 28.5 Å². The van der Waals surface area contributed by atoms with E-state index in [9.17, 15) is 5.11 Å². The van der Waals surface area contributed by atoms with Crippen LogP contribution >= 0.6 is 27.3 Å². The van der Waals surface area contributed by atoms with Crippen molar-refractivity contribution in [2.75, 3.05) is 0 Å². The number of hydrogen-bond donors (Lipinski definition) is 1. The van der Waals surface area contributed by atoms with Gasteiger partial charge in [0.15, 0.2) is 0 Å². The second-order valence-corrected chi connectivity index (χ2v) is 6.01. The summed E-state index contributed by atoms with van der Waals surface area (Å²) in [6.07, 6.45) is 0.476. The highest BCUT2D eigenvalue weighted by molar-refractivity contribution is 9.10. The third-order valence-electron chi connectivity index (χ3n) is 2.74. The van der Waals surface area contributed by atoms with E-state index in [-0.39, 0.29) is 0 Å². The summed E-state index contributed by atoms with van der Waals surface area (Å²) >= 11 is 5.09. The predicted molar refractivity (Wildman–Crippen MR) is 68.7 cm³/mol. The molecule has 4 heteroatoms. The Morgan fingerprint density at radius 3 is 3.06 bits per heavy atom. The maximum Gasteiger partial charge on any atom is 0.122 e. The smallest absolute Gasteiger partial charge is 0.122 e. The molecule has 1 atom stereocenters. The van der Waals surface area contributed by atoms with Crippen LogP contribution in [-0.2, 0) is 6.42 Å². The number of thiazole rings is 1. The summed E-state index contributed by atoms with van der Waals surface area (Å²) in [4.78, 5) is 5.78. The van der Waals surface area contributed by atoms with Crippen LogP contribution in [0, 0.1) is 0 Å². The quantitative estimate of drug-likeness (QED) is 0.745. The van der Waals surface area contributed by atoms with Gasteiger partial charge in [0, 0.05) is 21.3 Å². The molecule has 2 nitrogen and oxygen atoms in total. The molecule has 1 aromatic heterocycles. The lowest BCUT2D eigenvalue weighted by Gasteiger charge is -2.01. The van der Waals surface area contributed by atoms with Crippen LogP contribution in [0.5, 0.6) is 0 Å². The van der Waals surface area contributed by atoms with Gasteiger partial charge in [-0.15, -0.1) is 11.3 Å². The summed E-state index contributed by atoms with van der Waals surface area (Å²) in [5.41, 5.74) is 3.59. The van der Waals surface area contributed by atoms with Crippen molar-refractivity contribution in [3.8, 4) is 11.3 Å². The highest BCUT2D eigenvalue weighted by Gasteiger charge is 2.24. The summed E-state index contributed by atoms with van der Waals surface area (Å²) < 4.78 is 1.11. The third-order valence-corrected chi connectivity index (χ3v) is 4.46. The molecule has 1 aliphatic rings. The van der Waals surface area contributed by atoms with Crippen LogP contribution in [-0.4, -0.2) is 10.1 Å². The molecule has 0 spiro atoms. The zero-order valence-electron chi connectivity index (χ0n) is 8.70. The van der Waals surface area contributed by atoms with Crippen molar-refractivity contribution in [3.63, 3.8) is 0 Å². The lowest BCUT2D eigenvalue weighted by atomic mass is 10.1. The summed E-state index contributed by atoms with van der Waals surface area (Å²) in [6.45, 7) is 1.76. The maximum atomic E-state index is 9.51. The van der Waals surface area contributed by atoms with E-state index in [1.807, 2.05) is 6.07 Å². The first kappa shape index (κ1) is 10.4. The third kappa shape index (κ3) is 1.52. The lowest BCUT2D eigenvalue weighted by molar-refractivity contribution is 0.199. The molecule has 16 heavy (non-hydrogen) atoms. The van der Waals surface area contributed by atoms with Crippen molar-refractivity contribution in [1.29, 1.82) is 0 Å². The molecular formula is C12H10BrNOS. The van der Waals surface area contributed by atoms with Crippen LogP contribution in [0.4, 0.5) is 0 Å². The fourth-order valence-corrected chi connectivity index (χ4v) is 3.44. The molecule has 0 fully saturated rings. The molecule has 1 aromatic carbocycles. The SMILES string of the molecule is CC(O)c1nc2c(s1)Cc1cc(Br)ccc1-2. The standard InChI is InChI=1S/C12H10BrNOS/c1-6(15)12-14-11-9-3-2-8(13)4-7(9)5-10(11)16-12/h2-4,6,15H,5H2,1H3. The van der Waals surface area contributed by atoms with Gasteiger partial charge in [-0.25, -0.2) is 4.98 Å². The zero-order chi connectivity index (χ0) is 11.3. The summed E-state index contributed by atoms with van der Waals surface area (Å²) in [6, 6.07) is 6.28. The molecule has 0 saturated heterocycles. The Hall–Kier alpha value is -0.710. The van der Waals surface area contributed by atoms with E-state index >= 15 is 0 Å². The Morgan fingerprint density at radius 2 is 2.31 bits per heavy atom. The molecule has 1 unspecified atom stereocenters. The van der Waals surface area contributed by atoms with E-state index in [0.717, 1.165) is 21.6 Å². The monoisotopic (exact) mass is 295 g/mol. The largest absolute Gasteiger partial charge is 0.386 e. The Balaban J connectivity index is 2.13. The number of aliphatic hydroxyl groups is 1. The minimum absolute atomic E-state index is 0.463. The highest BCUT2D eigenvalue weighted by atomic mass is 79.9. The van der Waals surface area contributed by atoms with Gasteiger partial charge in [0.2, 0.25) is 0 Å². The molecule has 0 saturated carbocycles. The summed E-state index contributed by atoms with van der Waals surface area (Å²) in [5, 5.41) is 10.3. The van der Waals surface area contributed by atoms with Crippen molar-refractivity contribution in [2.45, 2.75) is 19.4 Å². The molecule has 0 radical (unpaired) electrons. The van der Waals surface area contributed by atoms with Gasteiger partial charge in [-0.2, -0.15) is 0 Å². The second kappa shape index (κ2) is 3.65. The molecule has 1 aliphatic carbocycles. The van der Waals surface area contributed by atoms with Gasteiger partial charge in [-0.3, -0.25) is 0 Å². The predicted octanol–water partition coefficient (Wildman–Crippen LogP) is 3.53. The average molecular weight is 296 g/mol. The molecule has 82 valence electrons. The van der Waals surface area contributed by atoms with Crippen molar-refractivity contribution in [3.05, 3.63) is 38.1 Å². The van der Waals surface area contributed by atoms with E-state index in [1.54, 1.807) is 18.3 Å².